The number of hydrogen-bond acceptors (Lipinski definition) is 6. The molecule has 1 saturated heterocycles. The number of halogens is 1. The Morgan fingerprint density at radius 1 is 1.65 bits per heavy atom. The second-order valence-corrected chi connectivity index (χ2v) is 4.89. The summed E-state index contributed by atoms with van der Waals surface area (Å²) in [6.07, 6.45) is 3.40. The van der Waals surface area contributed by atoms with Gasteiger partial charge in [-0.05, 0) is 13.8 Å². The van der Waals surface area contributed by atoms with Crippen LogP contribution in [0.5, 0.6) is 0 Å². The molecule has 0 aliphatic carbocycles. The molecule has 6 nitrogen and oxygen atoms in total. The van der Waals surface area contributed by atoms with Crippen LogP contribution in [0.3, 0.4) is 0 Å². The van der Waals surface area contributed by atoms with Gasteiger partial charge in [-0.1, -0.05) is 17.7 Å². The van der Waals surface area contributed by atoms with Gasteiger partial charge < -0.3 is 15.0 Å². The van der Waals surface area contributed by atoms with Crippen molar-refractivity contribution in [3.63, 3.8) is 0 Å². The number of allylic oxidation sites excluding steroid dienone is 1. The number of anilines is 1. The minimum absolute atomic E-state index is 0.107. The summed E-state index contributed by atoms with van der Waals surface area (Å²) < 4.78 is 4.60. The van der Waals surface area contributed by atoms with Gasteiger partial charge >= 0.3 is 5.97 Å². The summed E-state index contributed by atoms with van der Waals surface area (Å²) in [4.78, 5) is 21.8. The van der Waals surface area contributed by atoms with E-state index in [0.717, 1.165) is 12.2 Å². The number of ether oxygens (including phenoxy) is 1. The van der Waals surface area contributed by atoms with E-state index in [4.69, 9.17) is 11.6 Å². The van der Waals surface area contributed by atoms with Gasteiger partial charge in [0.1, 0.15) is 0 Å². The number of carbonyl (C=O) groups excluding carboxylic acids is 1. The number of nitrogens with one attached hydrogen (secondary N) is 1. The molecule has 7 heteroatoms. The van der Waals surface area contributed by atoms with E-state index in [-0.39, 0.29) is 16.9 Å². The van der Waals surface area contributed by atoms with Crippen LogP contribution in [0.1, 0.15) is 24.3 Å². The third-order valence-electron chi connectivity index (χ3n) is 3.22. The molecule has 1 atom stereocenters. The van der Waals surface area contributed by atoms with Crippen molar-refractivity contribution in [3.05, 3.63) is 28.8 Å². The van der Waals surface area contributed by atoms with Gasteiger partial charge in [0, 0.05) is 18.3 Å². The number of piperazine rings is 1. The van der Waals surface area contributed by atoms with Crippen molar-refractivity contribution in [3.8, 4) is 0 Å². The standard InChI is InChI=1S/C13H17ClN4O2/c1-4-9-7-18(8(2)5-15-9)12-11(14)17-10(6-16-12)13(19)20-3/h4,6,8,15H,5,7H2,1-3H3/b9-4+/t8-/m1/s1. The molecule has 0 bridgehead atoms. The first kappa shape index (κ1) is 14.6. The van der Waals surface area contributed by atoms with Crippen LogP contribution in [0, 0.1) is 0 Å². The van der Waals surface area contributed by atoms with Crippen LogP contribution in [0.4, 0.5) is 5.82 Å². The van der Waals surface area contributed by atoms with Gasteiger partial charge in [0.15, 0.2) is 16.7 Å². The van der Waals surface area contributed by atoms with Gasteiger partial charge in [-0.15, -0.1) is 0 Å². The van der Waals surface area contributed by atoms with Crippen LogP contribution in [0.2, 0.25) is 5.15 Å². The summed E-state index contributed by atoms with van der Waals surface area (Å²) in [7, 11) is 1.29. The monoisotopic (exact) mass is 296 g/mol. The largest absolute Gasteiger partial charge is 0.464 e. The number of aromatic nitrogens is 2. The number of rotatable bonds is 2. The topological polar surface area (TPSA) is 67.4 Å². The maximum atomic E-state index is 11.4. The molecule has 2 rings (SSSR count). The van der Waals surface area contributed by atoms with Crippen molar-refractivity contribution in [2.45, 2.75) is 19.9 Å². The van der Waals surface area contributed by atoms with Crippen molar-refractivity contribution in [2.24, 2.45) is 0 Å². The van der Waals surface area contributed by atoms with Gasteiger partial charge in [-0.2, -0.15) is 0 Å². The van der Waals surface area contributed by atoms with Gasteiger partial charge in [0.05, 0.1) is 19.9 Å². The minimum atomic E-state index is -0.548. The van der Waals surface area contributed by atoms with Gasteiger partial charge in [-0.25, -0.2) is 14.8 Å². The fraction of sp³-hybridized carbons (Fsp3) is 0.462. The second kappa shape index (κ2) is 6.09. The highest BCUT2D eigenvalue weighted by atomic mass is 35.5. The first-order valence-corrected chi connectivity index (χ1v) is 6.71. The van der Waals surface area contributed by atoms with Crippen LogP contribution < -0.4 is 10.2 Å². The van der Waals surface area contributed by atoms with Crippen molar-refractivity contribution in [1.82, 2.24) is 15.3 Å². The molecule has 1 fully saturated rings. The quantitative estimate of drug-likeness (QED) is 0.837. The Balaban J connectivity index is 2.30. The fourth-order valence-corrected chi connectivity index (χ4v) is 2.27. The number of esters is 1. The Labute approximate surface area is 122 Å². The molecule has 0 amide bonds. The Hall–Kier alpha value is -1.82. The fourth-order valence-electron chi connectivity index (χ4n) is 2.02. The summed E-state index contributed by atoms with van der Waals surface area (Å²) >= 11 is 6.16. The lowest BCUT2D eigenvalue weighted by atomic mass is 10.2. The summed E-state index contributed by atoms with van der Waals surface area (Å²) in [5, 5.41) is 3.54. The molecule has 1 aromatic rings. The molecular weight excluding hydrogens is 280 g/mol. The average Bonchev–Trinajstić information content (AvgIpc) is 2.47. The molecule has 0 saturated carbocycles. The Bertz CT molecular complexity index is 547. The van der Waals surface area contributed by atoms with E-state index in [9.17, 15) is 4.79 Å². The predicted octanol–water partition coefficient (Wildman–Crippen LogP) is 1.62. The molecule has 1 N–H and O–H groups in total. The van der Waals surface area contributed by atoms with Crippen molar-refractivity contribution >= 4 is 23.4 Å². The lowest BCUT2D eigenvalue weighted by molar-refractivity contribution is 0.0593. The maximum Gasteiger partial charge on any atom is 0.358 e. The SMILES string of the molecule is C/C=C1\CN(c2ncc(C(=O)OC)nc2Cl)[C@H](C)CN1. The second-order valence-electron chi connectivity index (χ2n) is 4.53. The van der Waals surface area contributed by atoms with Crippen molar-refractivity contribution in [1.29, 1.82) is 0 Å². The van der Waals surface area contributed by atoms with E-state index in [1.807, 2.05) is 13.0 Å². The molecule has 0 radical (unpaired) electrons. The lowest BCUT2D eigenvalue weighted by Crippen LogP contribution is -2.49. The number of hydrogen-bond donors (Lipinski definition) is 1. The average molecular weight is 297 g/mol. The Morgan fingerprint density at radius 2 is 2.40 bits per heavy atom. The van der Waals surface area contributed by atoms with Gasteiger partial charge in [0.25, 0.3) is 0 Å². The third kappa shape index (κ3) is 2.85. The zero-order valence-electron chi connectivity index (χ0n) is 11.7. The zero-order chi connectivity index (χ0) is 14.7. The van der Waals surface area contributed by atoms with E-state index in [1.54, 1.807) is 0 Å². The first-order valence-electron chi connectivity index (χ1n) is 6.33. The van der Waals surface area contributed by atoms with Gasteiger partial charge in [0.2, 0.25) is 0 Å². The Kier molecular flexibility index (Phi) is 4.44. The highest BCUT2D eigenvalue weighted by Gasteiger charge is 2.25. The molecule has 0 aromatic carbocycles. The highest BCUT2D eigenvalue weighted by Crippen LogP contribution is 2.25. The molecule has 1 aliphatic heterocycles. The van der Waals surface area contributed by atoms with Crippen LogP contribution in [0.15, 0.2) is 18.0 Å². The van der Waals surface area contributed by atoms with E-state index in [1.165, 1.54) is 13.3 Å². The molecule has 2 heterocycles. The van der Waals surface area contributed by atoms with E-state index < -0.39 is 5.97 Å². The molecule has 1 aromatic heterocycles. The lowest BCUT2D eigenvalue weighted by Gasteiger charge is -2.36. The smallest absolute Gasteiger partial charge is 0.358 e. The summed E-state index contributed by atoms with van der Waals surface area (Å²) in [5.74, 6) is 0.0288. The molecule has 0 spiro atoms. The Morgan fingerprint density at radius 3 is 3.00 bits per heavy atom. The maximum absolute atomic E-state index is 11.4. The molecule has 0 unspecified atom stereocenters. The minimum Gasteiger partial charge on any atom is -0.464 e. The van der Waals surface area contributed by atoms with Crippen LogP contribution in [-0.4, -0.2) is 42.2 Å². The van der Waals surface area contributed by atoms with Crippen LogP contribution in [0.25, 0.3) is 0 Å². The van der Waals surface area contributed by atoms with Crippen molar-refractivity contribution in [2.75, 3.05) is 25.1 Å². The molecule has 108 valence electrons. The van der Waals surface area contributed by atoms with E-state index in [0.29, 0.717) is 12.4 Å². The highest BCUT2D eigenvalue weighted by molar-refractivity contribution is 6.31. The summed E-state index contributed by atoms with van der Waals surface area (Å²) in [6, 6.07) is 0.231. The van der Waals surface area contributed by atoms with Crippen LogP contribution in [-0.2, 0) is 4.74 Å². The molecule has 1 aliphatic rings. The summed E-state index contributed by atoms with van der Waals surface area (Å²) in [5.41, 5.74) is 1.22. The predicted molar refractivity (Wildman–Crippen MR) is 76.9 cm³/mol. The zero-order valence-corrected chi connectivity index (χ0v) is 12.4. The van der Waals surface area contributed by atoms with Crippen LogP contribution >= 0.6 is 11.6 Å². The normalized spacial score (nSPS) is 20.7. The molecular formula is C13H17ClN4O2. The van der Waals surface area contributed by atoms with E-state index in [2.05, 4.69) is 31.8 Å². The number of methoxy groups -OCH3 is 1. The first-order chi connectivity index (χ1) is 9.56. The van der Waals surface area contributed by atoms with Crippen molar-refractivity contribution < 1.29 is 9.53 Å². The van der Waals surface area contributed by atoms with E-state index >= 15 is 0 Å². The van der Waals surface area contributed by atoms with Gasteiger partial charge in [-0.3, -0.25) is 0 Å². The number of nitrogens with zero attached hydrogens (tertiary/aromatic N) is 3. The number of carbonyl (C=O) groups is 1. The third-order valence-corrected chi connectivity index (χ3v) is 3.48. The molecule has 20 heavy (non-hydrogen) atoms. The summed E-state index contributed by atoms with van der Waals surface area (Å²) in [6.45, 7) is 5.54.